The molecule has 1 aromatic heterocycles. The number of aromatic nitrogens is 2. The van der Waals surface area contributed by atoms with Gasteiger partial charge in [0.05, 0.1) is 40.1 Å². The fourth-order valence-electron chi connectivity index (χ4n) is 2.87. The number of hydrogen-bond acceptors (Lipinski definition) is 7. The number of carbonyl (C=O) groups excluding carboxylic acids is 1. The number of hydrogen-bond donors (Lipinski definition) is 1. The normalized spacial score (nSPS) is 10.5. The van der Waals surface area contributed by atoms with Gasteiger partial charge < -0.3 is 20.2 Å². The molecule has 11 nitrogen and oxygen atoms in total. The Balaban J connectivity index is 1.72. The molecule has 0 aliphatic carbocycles. The van der Waals surface area contributed by atoms with E-state index in [9.17, 15) is 25.0 Å². The monoisotopic (exact) mass is 425 g/mol. The minimum atomic E-state index is -0.609. The van der Waals surface area contributed by atoms with Crippen LogP contribution < -0.4 is 10.1 Å². The summed E-state index contributed by atoms with van der Waals surface area (Å²) in [5.74, 6) is -0.0174. The van der Waals surface area contributed by atoms with Crippen LogP contribution in [-0.4, -0.2) is 25.5 Å². The van der Waals surface area contributed by atoms with Crippen molar-refractivity contribution in [2.24, 2.45) is 0 Å². The van der Waals surface area contributed by atoms with Crippen LogP contribution in [0.5, 0.6) is 11.5 Å². The van der Waals surface area contributed by atoms with E-state index < -0.39 is 15.8 Å². The molecule has 0 fully saturated rings. The molecule has 160 valence electrons. The summed E-state index contributed by atoms with van der Waals surface area (Å²) in [5, 5.41) is 28.5. The number of nitrogens with one attached hydrogen (secondary N) is 1. The van der Waals surface area contributed by atoms with Gasteiger partial charge in [-0.05, 0) is 36.5 Å². The quantitative estimate of drug-likeness (QED) is 0.422. The van der Waals surface area contributed by atoms with Crippen molar-refractivity contribution in [2.45, 2.75) is 26.8 Å². The molecular weight excluding hydrogens is 406 g/mol. The molecule has 11 heteroatoms. The Morgan fingerprint density at radius 2 is 1.84 bits per heavy atom. The zero-order valence-electron chi connectivity index (χ0n) is 16.8. The average Bonchev–Trinajstić information content (AvgIpc) is 3.07. The van der Waals surface area contributed by atoms with Crippen LogP contribution >= 0.6 is 0 Å². The number of nitro benzene ring substituents is 1. The fourth-order valence-corrected chi connectivity index (χ4v) is 2.87. The summed E-state index contributed by atoms with van der Waals surface area (Å²) in [5.41, 5.74) is 1.47. The molecule has 0 saturated carbocycles. The van der Waals surface area contributed by atoms with Crippen molar-refractivity contribution in [1.82, 2.24) is 9.78 Å². The number of nitro groups is 2. The van der Waals surface area contributed by atoms with Crippen LogP contribution in [0, 0.1) is 34.1 Å². The molecule has 0 bridgehead atoms. The minimum Gasteiger partial charge on any atom is -0.457 e. The van der Waals surface area contributed by atoms with E-state index in [1.54, 1.807) is 25.1 Å². The Hall–Kier alpha value is -4.28. The van der Waals surface area contributed by atoms with Crippen LogP contribution in [-0.2, 0) is 11.3 Å². The molecule has 1 amide bonds. The number of nitrogens with zero attached hydrogens (tertiary/aromatic N) is 4. The summed E-state index contributed by atoms with van der Waals surface area (Å²) in [7, 11) is 0. The summed E-state index contributed by atoms with van der Waals surface area (Å²) in [6, 6.07) is 12.5. The summed E-state index contributed by atoms with van der Waals surface area (Å²) >= 11 is 0. The molecule has 0 spiro atoms. The Morgan fingerprint density at radius 3 is 2.48 bits per heavy atom. The first-order chi connectivity index (χ1) is 14.7. The molecule has 3 rings (SSSR count). The van der Waals surface area contributed by atoms with E-state index >= 15 is 0 Å². The Bertz CT molecular complexity index is 1160. The second-order valence-electron chi connectivity index (χ2n) is 6.81. The number of aryl methyl sites for hydroxylation is 3. The standard InChI is InChI=1S/C20H19N5O6/c1-13-4-3-5-17(8-13)31-18-11-15(10-16(12-18)24(27)28)21-20(26)6-7-23-14(2)9-19(22-23)25(29)30/h3-5,8-12H,6-7H2,1-2H3,(H,21,26). The number of benzene rings is 2. The maximum atomic E-state index is 12.3. The average molecular weight is 425 g/mol. The van der Waals surface area contributed by atoms with Crippen molar-refractivity contribution in [2.75, 3.05) is 5.32 Å². The third-order valence-electron chi connectivity index (χ3n) is 4.32. The summed E-state index contributed by atoms with van der Waals surface area (Å²) in [6.45, 7) is 3.66. The highest BCUT2D eigenvalue weighted by Crippen LogP contribution is 2.30. The number of non-ortho nitro benzene ring substituents is 1. The lowest BCUT2D eigenvalue weighted by atomic mass is 10.2. The van der Waals surface area contributed by atoms with Gasteiger partial charge >= 0.3 is 5.82 Å². The van der Waals surface area contributed by atoms with Crippen molar-refractivity contribution < 1.29 is 19.4 Å². The maximum absolute atomic E-state index is 12.3. The molecule has 0 radical (unpaired) electrons. The first-order valence-corrected chi connectivity index (χ1v) is 9.24. The summed E-state index contributed by atoms with van der Waals surface area (Å²) in [4.78, 5) is 33.2. The Labute approximate surface area is 176 Å². The zero-order chi connectivity index (χ0) is 22.5. The van der Waals surface area contributed by atoms with Crippen molar-refractivity contribution in [3.8, 4) is 11.5 Å². The number of ether oxygens (including phenoxy) is 1. The molecule has 0 aliphatic rings. The second kappa shape index (κ2) is 9.03. The van der Waals surface area contributed by atoms with Crippen LogP contribution in [0.4, 0.5) is 17.2 Å². The first kappa shape index (κ1) is 21.4. The van der Waals surface area contributed by atoms with Gasteiger partial charge in [-0.3, -0.25) is 14.9 Å². The molecule has 1 heterocycles. The van der Waals surface area contributed by atoms with E-state index in [2.05, 4.69) is 10.4 Å². The number of amides is 1. The minimum absolute atomic E-state index is 0.0313. The molecule has 31 heavy (non-hydrogen) atoms. The molecule has 1 N–H and O–H groups in total. The summed E-state index contributed by atoms with van der Waals surface area (Å²) in [6.07, 6.45) is -0.0313. The van der Waals surface area contributed by atoms with Gasteiger partial charge in [0.1, 0.15) is 11.5 Å². The van der Waals surface area contributed by atoms with Gasteiger partial charge in [0.25, 0.3) is 5.69 Å². The summed E-state index contributed by atoms with van der Waals surface area (Å²) < 4.78 is 7.07. The molecule has 3 aromatic rings. The highest BCUT2D eigenvalue weighted by Gasteiger charge is 2.17. The predicted molar refractivity (Wildman–Crippen MR) is 111 cm³/mol. The first-order valence-electron chi connectivity index (χ1n) is 9.24. The van der Waals surface area contributed by atoms with E-state index in [0.29, 0.717) is 11.4 Å². The topological polar surface area (TPSA) is 142 Å². The third kappa shape index (κ3) is 5.63. The molecule has 0 aliphatic heterocycles. The molecule has 0 unspecified atom stereocenters. The van der Waals surface area contributed by atoms with Gasteiger partial charge in [0.15, 0.2) is 0 Å². The van der Waals surface area contributed by atoms with E-state index in [4.69, 9.17) is 4.74 Å². The highest BCUT2D eigenvalue weighted by molar-refractivity contribution is 5.91. The predicted octanol–water partition coefficient (Wildman–Crippen LogP) is 4.14. The van der Waals surface area contributed by atoms with Gasteiger partial charge in [-0.2, -0.15) is 4.68 Å². The van der Waals surface area contributed by atoms with E-state index in [1.165, 1.54) is 28.9 Å². The number of anilines is 1. The van der Waals surface area contributed by atoms with Crippen LogP contribution in [0.3, 0.4) is 0 Å². The van der Waals surface area contributed by atoms with Crippen LogP contribution in [0.15, 0.2) is 48.5 Å². The lowest BCUT2D eigenvalue weighted by Gasteiger charge is -2.10. The SMILES string of the molecule is Cc1cccc(Oc2cc(NC(=O)CCn3nc([N+](=O)[O-])cc3C)cc([N+](=O)[O-])c2)c1. The molecule has 2 aromatic carbocycles. The van der Waals surface area contributed by atoms with Crippen molar-refractivity contribution in [1.29, 1.82) is 0 Å². The molecule has 0 atom stereocenters. The Kier molecular flexibility index (Phi) is 6.24. The van der Waals surface area contributed by atoms with Gasteiger partial charge in [-0.25, -0.2) is 0 Å². The van der Waals surface area contributed by atoms with Crippen molar-refractivity contribution in [3.05, 3.63) is 80.0 Å². The van der Waals surface area contributed by atoms with Crippen molar-refractivity contribution >= 4 is 23.1 Å². The van der Waals surface area contributed by atoms with Gasteiger partial charge in [-0.1, -0.05) is 12.1 Å². The fraction of sp³-hybridized carbons (Fsp3) is 0.200. The van der Waals surface area contributed by atoms with E-state index in [-0.39, 0.29) is 35.9 Å². The van der Waals surface area contributed by atoms with Crippen LogP contribution in [0.25, 0.3) is 0 Å². The van der Waals surface area contributed by atoms with Gasteiger partial charge in [0.2, 0.25) is 5.91 Å². The smallest absolute Gasteiger partial charge is 0.390 e. The third-order valence-corrected chi connectivity index (χ3v) is 4.32. The maximum Gasteiger partial charge on any atom is 0.390 e. The van der Waals surface area contributed by atoms with Crippen LogP contribution in [0.2, 0.25) is 0 Å². The van der Waals surface area contributed by atoms with E-state index in [0.717, 1.165) is 5.56 Å². The lowest BCUT2D eigenvalue weighted by Crippen LogP contribution is -2.15. The van der Waals surface area contributed by atoms with Gasteiger partial charge in [0, 0.05) is 18.6 Å². The van der Waals surface area contributed by atoms with Crippen molar-refractivity contribution in [3.63, 3.8) is 0 Å². The Morgan fingerprint density at radius 1 is 1.06 bits per heavy atom. The number of carbonyl (C=O) groups is 1. The highest BCUT2D eigenvalue weighted by atomic mass is 16.6. The van der Waals surface area contributed by atoms with Crippen LogP contribution in [0.1, 0.15) is 17.7 Å². The van der Waals surface area contributed by atoms with Gasteiger partial charge in [-0.15, -0.1) is 0 Å². The largest absolute Gasteiger partial charge is 0.457 e. The second-order valence-corrected chi connectivity index (χ2v) is 6.81. The lowest BCUT2D eigenvalue weighted by molar-refractivity contribution is -0.389. The van der Waals surface area contributed by atoms with E-state index in [1.807, 2.05) is 13.0 Å². The zero-order valence-corrected chi connectivity index (χ0v) is 16.8. The number of rotatable bonds is 8. The molecule has 0 saturated heterocycles. The molecular formula is C20H19N5O6.